The summed E-state index contributed by atoms with van der Waals surface area (Å²) in [5.41, 5.74) is 9.91. The molecular formula is C26H27N3O3S. The zero-order valence-electron chi connectivity index (χ0n) is 19.4. The second-order valence-electron chi connectivity index (χ2n) is 8.33. The summed E-state index contributed by atoms with van der Waals surface area (Å²) >= 11 is 0. The summed E-state index contributed by atoms with van der Waals surface area (Å²) in [5.74, 6) is -0.492. The number of carbonyl (C=O) groups excluding carboxylic acids is 1. The van der Waals surface area contributed by atoms with E-state index < -0.39 is 15.7 Å². The van der Waals surface area contributed by atoms with Crippen LogP contribution in [-0.4, -0.2) is 18.9 Å². The van der Waals surface area contributed by atoms with Gasteiger partial charge in [0.25, 0.3) is 5.91 Å². The van der Waals surface area contributed by atoms with Gasteiger partial charge in [0.1, 0.15) is 11.0 Å². The summed E-state index contributed by atoms with van der Waals surface area (Å²) in [6.45, 7) is 9.27. The molecule has 3 aromatic rings. The molecule has 6 nitrogen and oxygen atoms in total. The maximum Gasteiger partial charge on any atom is 0.250 e. The first-order chi connectivity index (χ1) is 15.5. The summed E-state index contributed by atoms with van der Waals surface area (Å²) in [4.78, 5) is 11.9. The standard InChI is InChI=1S/C26H27N3O3S/c1-16(2)24-14-20(19(5)29(24)23-12-7-6-11-22(23)26(28)30)13-21(15-27)33(31,32)25-17(3)9-8-10-18(25)4/h6-14,16H,1-5H3,(H2,28,30)/b21-13+. The smallest absolute Gasteiger partial charge is 0.250 e. The minimum Gasteiger partial charge on any atom is -0.366 e. The van der Waals surface area contributed by atoms with Gasteiger partial charge in [0.2, 0.25) is 9.84 Å². The van der Waals surface area contributed by atoms with E-state index in [2.05, 4.69) is 0 Å². The van der Waals surface area contributed by atoms with Crippen LogP contribution in [0.5, 0.6) is 0 Å². The fourth-order valence-electron chi connectivity index (χ4n) is 4.06. The number of benzene rings is 2. The highest BCUT2D eigenvalue weighted by atomic mass is 32.2. The number of carbonyl (C=O) groups is 1. The van der Waals surface area contributed by atoms with E-state index in [0.29, 0.717) is 33.6 Å². The van der Waals surface area contributed by atoms with Gasteiger partial charge < -0.3 is 10.3 Å². The SMILES string of the molecule is Cc1cccc(C)c1S(=O)(=O)/C(C#N)=C/c1cc(C(C)C)n(-c2ccccc2C(N)=O)c1C. The average molecular weight is 462 g/mol. The Morgan fingerprint density at radius 3 is 2.21 bits per heavy atom. The van der Waals surface area contributed by atoms with Gasteiger partial charge in [-0.25, -0.2) is 8.42 Å². The third kappa shape index (κ3) is 4.35. The highest BCUT2D eigenvalue weighted by Crippen LogP contribution is 2.32. The molecule has 0 radical (unpaired) electrons. The Balaban J connectivity index is 2.28. The van der Waals surface area contributed by atoms with Crippen molar-refractivity contribution < 1.29 is 13.2 Å². The molecule has 0 fully saturated rings. The Morgan fingerprint density at radius 1 is 1.06 bits per heavy atom. The van der Waals surface area contributed by atoms with Gasteiger partial charge in [-0.15, -0.1) is 0 Å². The van der Waals surface area contributed by atoms with Crippen molar-refractivity contribution in [2.24, 2.45) is 5.73 Å². The molecule has 0 atom stereocenters. The molecule has 0 unspecified atom stereocenters. The van der Waals surface area contributed by atoms with Gasteiger partial charge in [-0.1, -0.05) is 44.2 Å². The van der Waals surface area contributed by atoms with Crippen molar-refractivity contribution in [3.05, 3.63) is 87.1 Å². The zero-order chi connectivity index (χ0) is 24.5. The molecule has 0 spiro atoms. The summed E-state index contributed by atoms with van der Waals surface area (Å²) in [6, 6.07) is 16.0. The predicted octanol–water partition coefficient (Wildman–Crippen LogP) is 4.96. The first kappa shape index (κ1) is 24.0. The maximum absolute atomic E-state index is 13.4. The maximum atomic E-state index is 13.4. The van der Waals surface area contributed by atoms with Crippen molar-refractivity contribution in [1.82, 2.24) is 4.57 Å². The Kier molecular flexibility index (Phi) is 6.61. The fraction of sp³-hybridized carbons (Fsp3) is 0.231. The van der Waals surface area contributed by atoms with Crippen LogP contribution in [0.15, 0.2) is 58.3 Å². The van der Waals surface area contributed by atoms with E-state index in [4.69, 9.17) is 5.73 Å². The van der Waals surface area contributed by atoms with E-state index in [1.165, 1.54) is 6.08 Å². The predicted molar refractivity (Wildman–Crippen MR) is 130 cm³/mol. The molecule has 33 heavy (non-hydrogen) atoms. The van der Waals surface area contributed by atoms with Crippen LogP contribution in [0.4, 0.5) is 0 Å². The Hall–Kier alpha value is -3.63. The second-order valence-corrected chi connectivity index (χ2v) is 10.2. The molecule has 1 amide bonds. The summed E-state index contributed by atoms with van der Waals surface area (Å²) in [5, 5.41) is 9.81. The van der Waals surface area contributed by atoms with Crippen LogP contribution >= 0.6 is 0 Å². The number of hydrogen-bond acceptors (Lipinski definition) is 4. The van der Waals surface area contributed by atoms with Crippen LogP contribution in [-0.2, 0) is 9.84 Å². The molecule has 0 saturated heterocycles. The van der Waals surface area contributed by atoms with Gasteiger partial charge >= 0.3 is 0 Å². The van der Waals surface area contributed by atoms with Crippen LogP contribution in [0.2, 0.25) is 0 Å². The topological polar surface area (TPSA) is 106 Å². The molecule has 0 bridgehead atoms. The first-order valence-corrected chi connectivity index (χ1v) is 12.0. The number of nitrogens with zero attached hydrogens (tertiary/aromatic N) is 2. The molecule has 0 aliphatic rings. The van der Waals surface area contributed by atoms with Crippen molar-refractivity contribution in [2.75, 3.05) is 0 Å². The lowest BCUT2D eigenvalue weighted by Crippen LogP contribution is -2.16. The van der Waals surface area contributed by atoms with Gasteiger partial charge in [-0.05, 0) is 67.7 Å². The van der Waals surface area contributed by atoms with Gasteiger partial charge in [0, 0.05) is 11.4 Å². The molecule has 0 aliphatic heterocycles. The van der Waals surface area contributed by atoms with Crippen LogP contribution < -0.4 is 5.73 Å². The number of amides is 1. The van der Waals surface area contributed by atoms with E-state index in [1.807, 2.05) is 43.5 Å². The summed E-state index contributed by atoms with van der Waals surface area (Å²) < 4.78 is 28.7. The Labute approximate surface area is 194 Å². The molecule has 0 saturated carbocycles. The van der Waals surface area contributed by atoms with Gasteiger partial charge in [0.15, 0.2) is 0 Å². The number of primary amides is 1. The molecule has 2 N–H and O–H groups in total. The molecule has 1 aromatic heterocycles. The van der Waals surface area contributed by atoms with Crippen molar-refractivity contribution in [2.45, 2.75) is 45.4 Å². The number of hydrogen-bond donors (Lipinski definition) is 1. The number of aromatic nitrogens is 1. The lowest BCUT2D eigenvalue weighted by atomic mass is 10.1. The molecule has 7 heteroatoms. The van der Waals surface area contributed by atoms with Crippen LogP contribution in [0.1, 0.15) is 58.2 Å². The van der Waals surface area contributed by atoms with Gasteiger partial charge in [0.05, 0.1) is 16.1 Å². The molecule has 170 valence electrons. The number of aryl methyl sites for hydroxylation is 2. The lowest BCUT2D eigenvalue weighted by Gasteiger charge is -2.16. The van der Waals surface area contributed by atoms with E-state index in [0.717, 1.165) is 5.69 Å². The monoisotopic (exact) mass is 461 g/mol. The number of nitriles is 1. The van der Waals surface area contributed by atoms with Crippen LogP contribution in [0, 0.1) is 32.1 Å². The normalized spacial score (nSPS) is 12.1. The number of para-hydroxylation sites is 1. The summed E-state index contributed by atoms with van der Waals surface area (Å²) in [6.07, 6.45) is 1.41. The lowest BCUT2D eigenvalue weighted by molar-refractivity contribution is 0.1000. The third-order valence-corrected chi connectivity index (χ3v) is 7.65. The van der Waals surface area contributed by atoms with E-state index >= 15 is 0 Å². The Bertz CT molecular complexity index is 1400. The number of rotatable bonds is 6. The van der Waals surface area contributed by atoms with Crippen molar-refractivity contribution in [3.8, 4) is 11.8 Å². The zero-order valence-corrected chi connectivity index (χ0v) is 20.2. The van der Waals surface area contributed by atoms with Crippen molar-refractivity contribution >= 4 is 21.8 Å². The van der Waals surface area contributed by atoms with Gasteiger partial charge in [-0.3, -0.25) is 4.79 Å². The molecular weight excluding hydrogens is 434 g/mol. The minimum absolute atomic E-state index is 0.0625. The Morgan fingerprint density at radius 2 is 1.67 bits per heavy atom. The van der Waals surface area contributed by atoms with E-state index in [1.54, 1.807) is 50.2 Å². The van der Waals surface area contributed by atoms with Crippen LogP contribution in [0.3, 0.4) is 0 Å². The van der Waals surface area contributed by atoms with E-state index in [-0.39, 0.29) is 15.7 Å². The molecule has 0 aliphatic carbocycles. The number of allylic oxidation sites excluding steroid dienone is 1. The average Bonchev–Trinajstić information content (AvgIpc) is 3.07. The summed E-state index contributed by atoms with van der Waals surface area (Å²) in [7, 11) is -4.02. The van der Waals surface area contributed by atoms with Crippen molar-refractivity contribution in [3.63, 3.8) is 0 Å². The highest BCUT2D eigenvalue weighted by molar-refractivity contribution is 7.95. The number of nitrogens with two attached hydrogens (primary N) is 1. The van der Waals surface area contributed by atoms with Crippen LogP contribution in [0.25, 0.3) is 11.8 Å². The minimum atomic E-state index is -4.02. The van der Waals surface area contributed by atoms with Crippen molar-refractivity contribution in [1.29, 1.82) is 5.26 Å². The fourth-order valence-corrected chi connectivity index (χ4v) is 5.67. The molecule has 1 heterocycles. The highest BCUT2D eigenvalue weighted by Gasteiger charge is 2.26. The largest absolute Gasteiger partial charge is 0.366 e. The quantitative estimate of drug-likeness (QED) is 0.523. The molecule has 2 aromatic carbocycles. The first-order valence-electron chi connectivity index (χ1n) is 10.5. The molecule has 3 rings (SSSR count). The van der Waals surface area contributed by atoms with Gasteiger partial charge in [-0.2, -0.15) is 5.26 Å². The second kappa shape index (κ2) is 9.08. The third-order valence-electron chi connectivity index (χ3n) is 5.68. The van der Waals surface area contributed by atoms with E-state index in [9.17, 15) is 18.5 Å². The number of sulfone groups is 1.